The molecule has 4 fully saturated rings. The number of carbonyl (C=O) groups excluding carboxylic acids is 9. The molecule has 4 aliphatic heterocycles. The molecule has 0 radical (unpaired) electrons. The number of anilines is 1. The predicted octanol–water partition coefficient (Wildman–Crippen LogP) is 3.55. The first-order chi connectivity index (χ1) is 40.7. The minimum absolute atomic E-state index is 0.0653. The number of nitrogens with zero attached hydrogens (tertiary/aromatic N) is 5. The van der Waals surface area contributed by atoms with Crippen LogP contribution < -0.4 is 37.6 Å². The Kier molecular flexibility index (Phi) is 17.6. The number of imidazole rings is 1. The number of fused-ring (bicyclic) bond motifs is 3. The molecular weight excluding hydrogens is 1110 g/mol. The van der Waals surface area contributed by atoms with Crippen molar-refractivity contribution in [1.29, 1.82) is 0 Å². The smallest absolute Gasteiger partial charge is 0.371 e. The molecule has 10 rings (SSSR count). The van der Waals surface area contributed by atoms with Crippen LogP contribution in [0.15, 0.2) is 108 Å². The van der Waals surface area contributed by atoms with Crippen LogP contribution in [0.25, 0.3) is 21.9 Å². The zero-order valence-electron chi connectivity index (χ0n) is 46.8. The van der Waals surface area contributed by atoms with Gasteiger partial charge in [-0.05, 0) is 117 Å². The quantitative estimate of drug-likeness (QED) is 0.0425. The summed E-state index contributed by atoms with van der Waals surface area (Å²) in [5.74, 6) is -4.15. The molecule has 2 aromatic heterocycles. The fraction of sp³-hybridized carbons (Fsp3) is 0.400. The Balaban J connectivity index is 0.824. The van der Waals surface area contributed by atoms with Crippen molar-refractivity contribution in [3.05, 3.63) is 136 Å². The van der Waals surface area contributed by atoms with Gasteiger partial charge in [0.2, 0.25) is 41.4 Å². The number of hydrogen-bond acceptors (Lipinski definition) is 12. The molecule has 0 saturated carbocycles. The molecule has 1 unspecified atom stereocenters. The van der Waals surface area contributed by atoms with Gasteiger partial charge in [0.1, 0.15) is 29.9 Å². The molecule has 9 N–H and O–H groups in total. The third-order valence-corrected chi connectivity index (χ3v) is 17.8. The number of imide groups is 1. The van der Waals surface area contributed by atoms with Gasteiger partial charge in [-0.15, -0.1) is 0 Å². The summed E-state index contributed by atoms with van der Waals surface area (Å²) >= 11 is 0. The number of rotatable bonds is 19. The lowest BCUT2D eigenvalue weighted by molar-refractivity contribution is -0.145. The van der Waals surface area contributed by atoms with Gasteiger partial charge in [0.05, 0.1) is 17.1 Å². The lowest BCUT2D eigenvalue weighted by Gasteiger charge is -2.39. The largest absolute Gasteiger partial charge is 0.396 e. The number of aryl methyl sites for hydroxylation is 1. The topological polar surface area (TPSA) is 338 Å². The number of piperidine rings is 2. The number of carbonyl (C=O) groups is 9. The number of benzene rings is 4. The first-order valence-electron chi connectivity index (χ1n) is 28.6. The van der Waals surface area contributed by atoms with E-state index in [0.717, 1.165) is 49.2 Å². The average molecular weight is 1180 g/mol. The van der Waals surface area contributed by atoms with Crippen molar-refractivity contribution < 1.29 is 57.5 Å². The SMILES string of the molecule is Cn1c(=O)n(C2CCC(=O)NC2=O)c2ccc(N3CCC(CCCC(=O)N4CC[C@H]5CC[C@@H](C(=O)N[C@@H](CCC(N)=O)C(=O)NC(c6ccccc6)c6ccccc6)N5C(=O)[C@@H](NC(=O)c5cc6cc(C(=O)P(=O)(O)O)ccc6[nH]5)C4)CC3)cc21. The summed E-state index contributed by atoms with van der Waals surface area (Å²) in [5, 5.41) is 11.3. The molecule has 4 aliphatic rings. The molecule has 0 aliphatic carbocycles. The molecule has 4 aromatic carbocycles. The molecule has 6 heterocycles. The highest BCUT2D eigenvalue weighted by molar-refractivity contribution is 7.70. The van der Waals surface area contributed by atoms with E-state index in [4.69, 9.17) is 5.73 Å². The summed E-state index contributed by atoms with van der Waals surface area (Å²) in [6, 6.07) is 23.6. The van der Waals surface area contributed by atoms with Crippen LogP contribution in [0.3, 0.4) is 0 Å². The summed E-state index contributed by atoms with van der Waals surface area (Å²) < 4.78 is 14.8. The molecule has 0 spiro atoms. The van der Waals surface area contributed by atoms with Gasteiger partial charge in [-0.3, -0.25) is 62.2 Å². The number of nitrogens with one attached hydrogen (secondary N) is 5. The Morgan fingerprint density at radius 3 is 2.15 bits per heavy atom. The lowest BCUT2D eigenvalue weighted by atomic mass is 9.91. The van der Waals surface area contributed by atoms with E-state index in [9.17, 15) is 57.5 Å². The molecule has 24 nitrogen and oxygen atoms in total. The van der Waals surface area contributed by atoms with E-state index in [2.05, 4.69) is 31.2 Å². The third-order valence-electron chi connectivity index (χ3n) is 17.0. The van der Waals surface area contributed by atoms with Gasteiger partial charge in [0.15, 0.2) is 0 Å². The number of primary amides is 1. The van der Waals surface area contributed by atoms with Crippen molar-refractivity contribution in [2.75, 3.05) is 31.1 Å². The normalized spacial score (nSPS) is 20.0. The maximum absolute atomic E-state index is 15.1. The summed E-state index contributed by atoms with van der Waals surface area (Å²) in [6.45, 7) is 1.39. The minimum Gasteiger partial charge on any atom is -0.371 e. The maximum atomic E-state index is 15.1. The highest BCUT2D eigenvalue weighted by Crippen LogP contribution is 2.40. The van der Waals surface area contributed by atoms with E-state index in [1.54, 1.807) is 11.9 Å². The molecular formula is C60H68N11O13P. The average Bonchev–Trinajstić information content (AvgIpc) is 2.34. The van der Waals surface area contributed by atoms with Gasteiger partial charge in [-0.25, -0.2) is 4.79 Å². The third kappa shape index (κ3) is 13.2. The Labute approximate surface area is 488 Å². The minimum atomic E-state index is -5.13. The number of amides is 8. The van der Waals surface area contributed by atoms with Crippen LogP contribution in [0, 0.1) is 5.92 Å². The van der Waals surface area contributed by atoms with E-state index in [-0.39, 0.29) is 85.8 Å². The van der Waals surface area contributed by atoms with Crippen molar-refractivity contribution in [2.24, 2.45) is 18.7 Å². The number of aromatic amines is 1. The molecule has 4 saturated heterocycles. The Bertz CT molecular complexity index is 3660. The van der Waals surface area contributed by atoms with Crippen LogP contribution in [0.1, 0.15) is 121 Å². The number of nitrogens with two attached hydrogens (primary N) is 1. The van der Waals surface area contributed by atoms with Crippen molar-refractivity contribution in [1.82, 2.24) is 45.2 Å². The Hall–Kier alpha value is -8.73. The number of H-pyrrole nitrogens is 1. The van der Waals surface area contributed by atoms with E-state index < -0.39 is 84.8 Å². The highest BCUT2D eigenvalue weighted by Gasteiger charge is 2.46. The van der Waals surface area contributed by atoms with Gasteiger partial charge in [-0.1, -0.05) is 60.7 Å². The van der Waals surface area contributed by atoms with Crippen LogP contribution in [-0.4, -0.2) is 137 Å². The molecule has 8 amide bonds. The van der Waals surface area contributed by atoms with Crippen LogP contribution in [0.5, 0.6) is 0 Å². The van der Waals surface area contributed by atoms with Crippen molar-refractivity contribution in [3.63, 3.8) is 0 Å². The monoisotopic (exact) mass is 1180 g/mol. The van der Waals surface area contributed by atoms with E-state index >= 15 is 4.79 Å². The standard InChI is InChI=1S/C60H68N11O13P/c1-67-49-33-41(17-20-46(49)71(60(67)81)48-22-24-51(73)65-57(48)78)68-28-25-35(26-29-68)9-8-14-52(74)69-30-27-40-16-21-47(56(77)63-43(19-23-50(61)72)54(75)66-53(36-10-4-2-5-11-36)37-12-6-3-7-13-37)70(40)58(79)45(34-69)64-55(76)44-32-39-31-38(15-18-42(39)62-44)59(80)85(82,83)84/h2-7,10-13,15,17-18,20,31-33,35,40,43,45,47-48,53,62H,8-9,14,16,19,21-30,34H2,1H3,(H2,61,72)(H,63,77)(H,64,76)(H,66,75)(H,65,73,78)(H2,82,83,84)/t40-,43+,45+,47+,48?/m1/s1. The van der Waals surface area contributed by atoms with Crippen molar-refractivity contribution in [3.8, 4) is 0 Å². The highest BCUT2D eigenvalue weighted by atomic mass is 31.2. The van der Waals surface area contributed by atoms with Gasteiger partial charge >= 0.3 is 13.3 Å². The molecule has 0 bridgehead atoms. The first kappa shape index (κ1) is 59.4. The van der Waals surface area contributed by atoms with Gasteiger partial charge < -0.3 is 51.2 Å². The molecule has 446 valence electrons. The van der Waals surface area contributed by atoms with Crippen LogP contribution in [0.4, 0.5) is 5.69 Å². The van der Waals surface area contributed by atoms with Crippen LogP contribution in [0.2, 0.25) is 0 Å². The maximum Gasteiger partial charge on any atom is 0.396 e. The summed E-state index contributed by atoms with van der Waals surface area (Å²) in [6.07, 6.45) is 3.98. The second kappa shape index (κ2) is 25.2. The van der Waals surface area contributed by atoms with Crippen LogP contribution in [-0.2, 0) is 45.2 Å². The zero-order valence-corrected chi connectivity index (χ0v) is 47.7. The van der Waals surface area contributed by atoms with Gasteiger partial charge in [0.25, 0.3) is 11.4 Å². The second-order valence-corrected chi connectivity index (χ2v) is 24.0. The van der Waals surface area contributed by atoms with E-state index in [1.165, 1.54) is 38.3 Å². The molecule has 5 atom stereocenters. The fourth-order valence-electron chi connectivity index (χ4n) is 12.4. The molecule has 85 heavy (non-hydrogen) atoms. The Morgan fingerprint density at radius 1 is 0.776 bits per heavy atom. The van der Waals surface area contributed by atoms with Gasteiger partial charge in [0, 0.05) is 80.7 Å². The molecule has 25 heteroatoms. The summed E-state index contributed by atoms with van der Waals surface area (Å²) in [4.78, 5) is 162. The Morgan fingerprint density at radius 2 is 1.48 bits per heavy atom. The number of hydrogen-bond donors (Lipinski definition) is 8. The van der Waals surface area contributed by atoms with E-state index in [1.807, 2.05) is 78.9 Å². The van der Waals surface area contributed by atoms with Gasteiger partial charge in [-0.2, -0.15) is 0 Å². The van der Waals surface area contributed by atoms with Crippen molar-refractivity contribution >= 4 is 88.0 Å². The summed E-state index contributed by atoms with van der Waals surface area (Å²) in [7, 11) is -3.47. The predicted molar refractivity (Wildman–Crippen MR) is 311 cm³/mol. The van der Waals surface area contributed by atoms with Crippen LogP contribution >= 0.6 is 7.60 Å². The number of aromatic nitrogens is 3. The van der Waals surface area contributed by atoms with Crippen molar-refractivity contribution in [2.45, 2.75) is 113 Å². The zero-order chi connectivity index (χ0) is 60.3. The molecule has 6 aromatic rings. The second-order valence-electron chi connectivity index (χ2n) is 22.5. The summed E-state index contributed by atoms with van der Waals surface area (Å²) in [5.41, 5.74) is 7.55. The first-order valence-corrected chi connectivity index (χ1v) is 30.3. The lowest BCUT2D eigenvalue weighted by Crippen LogP contribution is -2.62. The van der Waals surface area contributed by atoms with E-state index in [0.29, 0.717) is 41.7 Å². The fourth-order valence-corrected chi connectivity index (χ4v) is 12.9.